The molecule has 4 aromatic rings. The molecule has 27 heavy (non-hydrogen) atoms. The van der Waals surface area contributed by atoms with Crippen LogP contribution in [0.15, 0.2) is 86.9 Å². The third kappa shape index (κ3) is 4.24. The maximum absolute atomic E-state index is 11.9. The molecule has 0 saturated heterocycles. The van der Waals surface area contributed by atoms with Gasteiger partial charge in [0.05, 0.1) is 6.54 Å². The van der Waals surface area contributed by atoms with Crippen LogP contribution in [-0.2, 0) is 6.54 Å². The predicted octanol–water partition coefficient (Wildman–Crippen LogP) is 4.19. The van der Waals surface area contributed by atoms with Gasteiger partial charge in [0, 0.05) is 34.1 Å². The predicted molar refractivity (Wildman–Crippen MR) is 112 cm³/mol. The minimum Gasteiger partial charge on any atom is -0.423 e. The summed E-state index contributed by atoms with van der Waals surface area (Å²) in [5.74, 6) is 1.10. The summed E-state index contributed by atoms with van der Waals surface area (Å²) in [6.45, 7) is 1.82. The fourth-order valence-electron chi connectivity index (χ4n) is 3.37. The highest BCUT2D eigenvalue weighted by molar-refractivity contribution is 7.99. The molecule has 4 rings (SSSR count). The molecule has 3 aromatic carbocycles. The van der Waals surface area contributed by atoms with Crippen LogP contribution in [-0.4, -0.2) is 12.3 Å². The number of hydrogen-bond donors (Lipinski definition) is 1. The van der Waals surface area contributed by atoms with E-state index < -0.39 is 0 Å². The Balaban J connectivity index is 1.44. The fraction of sp³-hybridized carbons (Fsp3) is 0.174. The Kier molecular flexibility index (Phi) is 5.56. The molecule has 1 heterocycles. The molecule has 0 unspecified atom stereocenters. The average Bonchev–Trinajstić information content (AvgIpc) is 2.70. The van der Waals surface area contributed by atoms with Crippen molar-refractivity contribution in [3.05, 3.63) is 88.8 Å². The highest BCUT2D eigenvalue weighted by Gasteiger charge is 2.10. The Bertz CT molecular complexity index is 1110. The zero-order valence-corrected chi connectivity index (χ0v) is 15.9. The van der Waals surface area contributed by atoms with E-state index in [1.807, 2.05) is 42.1 Å². The average molecular weight is 377 g/mol. The number of hydrogen-bond acceptors (Lipinski definition) is 3. The smallest absolute Gasteiger partial charge is 0.336 e. The Morgan fingerprint density at radius 2 is 1.74 bits per heavy atom. The van der Waals surface area contributed by atoms with Crippen LogP contribution in [0, 0.1) is 0 Å². The van der Waals surface area contributed by atoms with Gasteiger partial charge >= 0.3 is 5.63 Å². The summed E-state index contributed by atoms with van der Waals surface area (Å²) in [4.78, 5) is 13.3. The third-order valence-electron chi connectivity index (χ3n) is 4.64. The summed E-state index contributed by atoms with van der Waals surface area (Å²) < 4.78 is 5.43. The lowest BCUT2D eigenvalue weighted by Gasteiger charge is -2.08. The van der Waals surface area contributed by atoms with E-state index >= 15 is 0 Å². The Hall–Kier alpha value is -2.56. The molecule has 2 N–H and O–H groups in total. The van der Waals surface area contributed by atoms with E-state index in [1.165, 1.54) is 10.3 Å². The first-order valence-electron chi connectivity index (χ1n) is 9.25. The lowest BCUT2D eigenvalue weighted by Crippen LogP contribution is -2.82. The van der Waals surface area contributed by atoms with Crippen LogP contribution < -0.4 is 10.9 Å². The number of benzene rings is 3. The molecule has 0 atom stereocenters. The summed E-state index contributed by atoms with van der Waals surface area (Å²) >= 11 is 1.89. The Morgan fingerprint density at radius 1 is 0.926 bits per heavy atom. The van der Waals surface area contributed by atoms with Crippen molar-refractivity contribution in [3.8, 4) is 0 Å². The monoisotopic (exact) mass is 376 g/mol. The second-order valence-corrected chi connectivity index (χ2v) is 7.72. The quantitative estimate of drug-likeness (QED) is 0.228. The molecule has 4 heteroatoms. The second-order valence-electron chi connectivity index (χ2n) is 6.55. The van der Waals surface area contributed by atoms with E-state index in [2.05, 4.69) is 41.7 Å². The summed E-state index contributed by atoms with van der Waals surface area (Å²) in [6, 6.07) is 24.3. The molecule has 0 aliphatic carbocycles. The minimum absolute atomic E-state index is 0.277. The Labute approximate surface area is 162 Å². The van der Waals surface area contributed by atoms with Crippen LogP contribution in [0.25, 0.3) is 21.7 Å². The van der Waals surface area contributed by atoms with Crippen molar-refractivity contribution in [1.82, 2.24) is 0 Å². The molecule has 0 aliphatic heterocycles. The fourth-order valence-corrected chi connectivity index (χ4v) is 4.27. The topological polar surface area (TPSA) is 46.8 Å². The SMILES string of the molecule is O=c1cc(C[NH2+]CCCSc2ccccc2)c2c(ccc3ccccc32)o1. The van der Waals surface area contributed by atoms with Gasteiger partial charge < -0.3 is 9.73 Å². The van der Waals surface area contributed by atoms with Gasteiger partial charge in [-0.1, -0.05) is 48.5 Å². The van der Waals surface area contributed by atoms with Crippen LogP contribution in [0.1, 0.15) is 12.0 Å². The van der Waals surface area contributed by atoms with Crippen LogP contribution in [0.2, 0.25) is 0 Å². The van der Waals surface area contributed by atoms with E-state index in [1.54, 1.807) is 6.07 Å². The lowest BCUT2D eigenvalue weighted by atomic mass is 10.0. The second kappa shape index (κ2) is 8.42. The molecule has 0 amide bonds. The Morgan fingerprint density at radius 3 is 2.63 bits per heavy atom. The zero-order valence-electron chi connectivity index (χ0n) is 15.1. The molecular formula is C23H22NO2S+. The van der Waals surface area contributed by atoms with Gasteiger partial charge in [0.1, 0.15) is 12.1 Å². The molecule has 0 bridgehead atoms. The van der Waals surface area contributed by atoms with Gasteiger partial charge in [0.25, 0.3) is 0 Å². The van der Waals surface area contributed by atoms with Gasteiger partial charge in [-0.3, -0.25) is 0 Å². The van der Waals surface area contributed by atoms with Crippen LogP contribution >= 0.6 is 11.8 Å². The summed E-state index contributed by atoms with van der Waals surface area (Å²) in [7, 11) is 0. The van der Waals surface area contributed by atoms with Crippen LogP contribution in [0.5, 0.6) is 0 Å². The standard InChI is InChI=1S/C23H21NO2S/c25-22-15-18(16-24-13-6-14-27-19-8-2-1-3-9-19)23-20-10-5-4-7-17(20)11-12-21(23)26-22/h1-5,7-12,15,24H,6,13-14,16H2/p+1. The molecule has 0 saturated carbocycles. The van der Waals surface area contributed by atoms with E-state index in [0.717, 1.165) is 41.6 Å². The van der Waals surface area contributed by atoms with Gasteiger partial charge in [-0.15, -0.1) is 11.8 Å². The van der Waals surface area contributed by atoms with Crippen molar-refractivity contribution in [2.45, 2.75) is 17.9 Å². The van der Waals surface area contributed by atoms with Crippen molar-refractivity contribution < 1.29 is 9.73 Å². The van der Waals surface area contributed by atoms with Crippen molar-refractivity contribution in [1.29, 1.82) is 0 Å². The molecular weight excluding hydrogens is 354 g/mol. The maximum atomic E-state index is 11.9. The van der Waals surface area contributed by atoms with E-state index in [-0.39, 0.29) is 5.63 Å². The summed E-state index contributed by atoms with van der Waals surface area (Å²) in [5.41, 5.74) is 1.44. The molecule has 0 aliphatic rings. The third-order valence-corrected chi connectivity index (χ3v) is 5.74. The van der Waals surface area contributed by atoms with E-state index in [9.17, 15) is 4.79 Å². The molecule has 0 fully saturated rings. The van der Waals surface area contributed by atoms with Gasteiger partial charge in [0.2, 0.25) is 0 Å². The lowest BCUT2D eigenvalue weighted by molar-refractivity contribution is -0.670. The van der Waals surface area contributed by atoms with Crippen LogP contribution in [0.4, 0.5) is 0 Å². The summed E-state index contributed by atoms with van der Waals surface area (Å²) in [5, 5.41) is 5.64. The summed E-state index contributed by atoms with van der Waals surface area (Å²) in [6.07, 6.45) is 1.12. The van der Waals surface area contributed by atoms with Crippen molar-refractivity contribution in [3.63, 3.8) is 0 Å². The maximum Gasteiger partial charge on any atom is 0.336 e. The van der Waals surface area contributed by atoms with Crippen molar-refractivity contribution in [2.24, 2.45) is 0 Å². The highest BCUT2D eigenvalue weighted by atomic mass is 32.2. The normalized spacial score (nSPS) is 11.3. The first-order valence-corrected chi connectivity index (χ1v) is 10.2. The molecule has 3 nitrogen and oxygen atoms in total. The molecule has 0 radical (unpaired) electrons. The minimum atomic E-state index is -0.277. The first-order chi connectivity index (χ1) is 13.3. The van der Waals surface area contributed by atoms with Crippen molar-refractivity contribution in [2.75, 3.05) is 12.3 Å². The van der Waals surface area contributed by atoms with Gasteiger partial charge in [-0.05, 0) is 29.0 Å². The van der Waals surface area contributed by atoms with Gasteiger partial charge in [-0.25, -0.2) is 4.79 Å². The van der Waals surface area contributed by atoms with Crippen LogP contribution in [0.3, 0.4) is 0 Å². The molecule has 1 aromatic heterocycles. The zero-order chi connectivity index (χ0) is 18.5. The number of quaternary nitrogens is 1. The number of fused-ring (bicyclic) bond motifs is 3. The van der Waals surface area contributed by atoms with Gasteiger partial charge in [-0.2, -0.15) is 0 Å². The van der Waals surface area contributed by atoms with Gasteiger partial charge in [0.15, 0.2) is 0 Å². The molecule has 136 valence electrons. The largest absolute Gasteiger partial charge is 0.423 e. The number of rotatable bonds is 7. The highest BCUT2D eigenvalue weighted by Crippen LogP contribution is 2.26. The number of thioether (sulfide) groups is 1. The number of nitrogens with two attached hydrogens (primary N) is 1. The van der Waals surface area contributed by atoms with E-state index in [0.29, 0.717) is 5.58 Å². The van der Waals surface area contributed by atoms with E-state index in [4.69, 9.17) is 4.42 Å². The molecule has 0 spiro atoms. The first kappa shape index (κ1) is 17.8. The van der Waals surface area contributed by atoms with Crippen molar-refractivity contribution >= 4 is 33.5 Å².